The number of carbonyl (C=O) groups excluding carboxylic acids is 1. The van der Waals surface area contributed by atoms with Gasteiger partial charge in [-0.25, -0.2) is 13.1 Å². The number of sulfonamides is 1. The van der Waals surface area contributed by atoms with Gasteiger partial charge in [0, 0.05) is 36.9 Å². The van der Waals surface area contributed by atoms with Gasteiger partial charge >= 0.3 is 0 Å². The highest BCUT2D eigenvalue weighted by molar-refractivity contribution is 7.89. The first-order valence-corrected chi connectivity index (χ1v) is 10.7. The number of ether oxygens (including phenoxy) is 1. The van der Waals surface area contributed by atoms with E-state index in [9.17, 15) is 13.2 Å². The second-order valence-corrected chi connectivity index (χ2v) is 8.55. The lowest BCUT2D eigenvalue weighted by Crippen LogP contribution is -2.51. The Hall–Kier alpha value is -2.29. The molecule has 1 N–H and O–H groups in total. The number of hydrogen-bond acceptors (Lipinski definition) is 5. The number of rotatable bonds is 6. The molecule has 9 heteroatoms. The van der Waals surface area contributed by atoms with Gasteiger partial charge in [0.05, 0.1) is 18.6 Å². The van der Waals surface area contributed by atoms with Gasteiger partial charge in [0.15, 0.2) is 0 Å². The molecule has 1 aliphatic heterocycles. The molecule has 3 rings (SSSR count). The lowest BCUT2D eigenvalue weighted by atomic mass is 10.2. The zero-order chi connectivity index (χ0) is 20.1. The molecule has 0 spiro atoms. The van der Waals surface area contributed by atoms with Crippen LogP contribution in [0.2, 0.25) is 5.02 Å². The van der Waals surface area contributed by atoms with Crippen molar-refractivity contribution in [2.45, 2.75) is 4.90 Å². The van der Waals surface area contributed by atoms with E-state index in [1.54, 1.807) is 12.0 Å². The molecule has 150 valence electrons. The van der Waals surface area contributed by atoms with Gasteiger partial charge in [0.2, 0.25) is 15.9 Å². The topological polar surface area (TPSA) is 79.0 Å². The highest BCUT2D eigenvalue weighted by Gasteiger charge is 2.23. The summed E-state index contributed by atoms with van der Waals surface area (Å²) in [5.74, 6) is 0.553. The minimum Gasteiger partial charge on any atom is -0.497 e. The third kappa shape index (κ3) is 4.95. The molecular formula is C19H22ClN3O4S. The second kappa shape index (κ2) is 8.81. The molecule has 28 heavy (non-hydrogen) atoms. The molecule has 1 saturated heterocycles. The van der Waals surface area contributed by atoms with E-state index < -0.39 is 10.0 Å². The molecule has 7 nitrogen and oxygen atoms in total. The maximum Gasteiger partial charge on any atom is 0.241 e. The van der Waals surface area contributed by atoms with E-state index in [-0.39, 0.29) is 17.3 Å². The van der Waals surface area contributed by atoms with Gasteiger partial charge in [0.1, 0.15) is 5.75 Å². The van der Waals surface area contributed by atoms with E-state index in [2.05, 4.69) is 9.62 Å². The molecule has 2 aromatic rings. The van der Waals surface area contributed by atoms with Crippen molar-refractivity contribution in [1.82, 2.24) is 9.62 Å². The molecule has 1 aliphatic rings. The van der Waals surface area contributed by atoms with Crippen LogP contribution in [0, 0.1) is 0 Å². The van der Waals surface area contributed by atoms with Crippen LogP contribution in [0.4, 0.5) is 5.69 Å². The van der Waals surface area contributed by atoms with Crippen LogP contribution in [0.25, 0.3) is 0 Å². The van der Waals surface area contributed by atoms with Gasteiger partial charge < -0.3 is 14.5 Å². The Labute approximate surface area is 169 Å². The van der Waals surface area contributed by atoms with Crippen molar-refractivity contribution in [2.75, 3.05) is 44.7 Å². The molecule has 0 unspecified atom stereocenters. The Morgan fingerprint density at radius 1 is 1.04 bits per heavy atom. The number of halogens is 1. The number of anilines is 1. The van der Waals surface area contributed by atoms with Crippen LogP contribution >= 0.6 is 11.6 Å². The summed E-state index contributed by atoms with van der Waals surface area (Å²) in [7, 11) is -2.12. The second-order valence-electron chi connectivity index (χ2n) is 6.34. The maximum absolute atomic E-state index is 12.4. The van der Waals surface area contributed by atoms with Crippen molar-refractivity contribution < 1.29 is 17.9 Å². The molecule has 2 aromatic carbocycles. The minimum atomic E-state index is -3.75. The Kier molecular flexibility index (Phi) is 6.43. The van der Waals surface area contributed by atoms with Crippen LogP contribution in [0.15, 0.2) is 53.4 Å². The van der Waals surface area contributed by atoms with Crippen molar-refractivity contribution >= 4 is 33.2 Å². The summed E-state index contributed by atoms with van der Waals surface area (Å²) in [5.41, 5.74) is 1.07. The number of benzene rings is 2. The fraction of sp³-hybridized carbons (Fsp3) is 0.316. The van der Waals surface area contributed by atoms with Crippen molar-refractivity contribution in [3.63, 3.8) is 0 Å². The monoisotopic (exact) mass is 423 g/mol. The molecule has 0 radical (unpaired) electrons. The number of amides is 1. The predicted octanol–water partition coefficient (Wildman–Crippen LogP) is 1.98. The summed E-state index contributed by atoms with van der Waals surface area (Å²) in [6.07, 6.45) is 0. The Balaban J connectivity index is 1.51. The number of nitrogens with zero attached hydrogens (tertiary/aromatic N) is 2. The lowest BCUT2D eigenvalue weighted by molar-refractivity contribution is -0.130. The van der Waals surface area contributed by atoms with E-state index >= 15 is 0 Å². The van der Waals surface area contributed by atoms with Crippen molar-refractivity contribution in [3.8, 4) is 5.75 Å². The third-order valence-electron chi connectivity index (χ3n) is 4.61. The van der Waals surface area contributed by atoms with Crippen LogP contribution in [-0.4, -0.2) is 59.1 Å². The maximum atomic E-state index is 12.4. The van der Waals surface area contributed by atoms with Crippen molar-refractivity contribution in [1.29, 1.82) is 0 Å². The van der Waals surface area contributed by atoms with E-state index in [1.807, 2.05) is 24.3 Å². The van der Waals surface area contributed by atoms with Gasteiger partial charge in [-0.05, 0) is 48.5 Å². The summed E-state index contributed by atoms with van der Waals surface area (Å²) in [5, 5.41) is 0.449. The molecule has 1 fully saturated rings. The number of methoxy groups -OCH3 is 1. The summed E-state index contributed by atoms with van der Waals surface area (Å²) >= 11 is 5.78. The highest BCUT2D eigenvalue weighted by Crippen LogP contribution is 2.20. The number of hydrogen-bond donors (Lipinski definition) is 1. The first-order valence-electron chi connectivity index (χ1n) is 8.81. The minimum absolute atomic E-state index is 0.0778. The quantitative estimate of drug-likeness (QED) is 0.768. The summed E-state index contributed by atoms with van der Waals surface area (Å²) in [6, 6.07) is 13.6. The average molecular weight is 424 g/mol. The molecule has 1 amide bonds. The summed E-state index contributed by atoms with van der Waals surface area (Å²) in [6.45, 7) is 2.17. The lowest BCUT2D eigenvalue weighted by Gasteiger charge is -2.36. The highest BCUT2D eigenvalue weighted by atomic mass is 35.5. The fourth-order valence-corrected chi connectivity index (χ4v) is 4.07. The number of piperazine rings is 1. The van der Waals surface area contributed by atoms with Crippen molar-refractivity contribution in [2.24, 2.45) is 0 Å². The molecule has 0 atom stereocenters. The van der Waals surface area contributed by atoms with E-state index in [4.69, 9.17) is 16.3 Å². The first-order chi connectivity index (χ1) is 13.4. The normalized spacial score (nSPS) is 14.8. The molecular weight excluding hydrogens is 402 g/mol. The standard InChI is InChI=1S/C19H22ClN3O4S/c1-27-17-6-4-16(5-7-17)22-10-12-23(13-11-22)19(24)14-21-28(25,26)18-8-2-15(20)3-9-18/h2-9,21H,10-14H2,1H3. The molecule has 0 saturated carbocycles. The Morgan fingerprint density at radius 2 is 1.64 bits per heavy atom. The van der Waals surface area contributed by atoms with E-state index in [1.165, 1.54) is 24.3 Å². The first kappa shape index (κ1) is 20.4. The van der Waals surface area contributed by atoms with Crippen LogP contribution < -0.4 is 14.4 Å². The zero-order valence-corrected chi connectivity index (χ0v) is 17.0. The smallest absolute Gasteiger partial charge is 0.241 e. The molecule has 1 heterocycles. The number of nitrogens with one attached hydrogen (secondary N) is 1. The van der Waals surface area contributed by atoms with Crippen LogP contribution in [0.1, 0.15) is 0 Å². The van der Waals surface area contributed by atoms with Gasteiger partial charge in [-0.3, -0.25) is 4.79 Å². The third-order valence-corrected chi connectivity index (χ3v) is 6.28. The molecule has 0 aromatic heterocycles. The zero-order valence-electron chi connectivity index (χ0n) is 15.5. The van der Waals surface area contributed by atoms with Gasteiger partial charge in [0.25, 0.3) is 0 Å². The van der Waals surface area contributed by atoms with Gasteiger partial charge in [-0.1, -0.05) is 11.6 Å². The molecule has 0 bridgehead atoms. The van der Waals surface area contributed by atoms with Crippen LogP contribution in [-0.2, 0) is 14.8 Å². The van der Waals surface area contributed by atoms with E-state index in [0.29, 0.717) is 31.2 Å². The SMILES string of the molecule is COc1ccc(N2CCN(C(=O)CNS(=O)(=O)c3ccc(Cl)cc3)CC2)cc1. The van der Waals surface area contributed by atoms with Gasteiger partial charge in [-0.15, -0.1) is 0 Å². The largest absolute Gasteiger partial charge is 0.497 e. The fourth-order valence-electron chi connectivity index (χ4n) is 2.97. The number of carbonyl (C=O) groups is 1. The Bertz CT molecular complexity index is 909. The predicted molar refractivity (Wildman–Crippen MR) is 108 cm³/mol. The van der Waals surface area contributed by atoms with Crippen LogP contribution in [0.5, 0.6) is 5.75 Å². The van der Waals surface area contributed by atoms with Gasteiger partial charge in [-0.2, -0.15) is 0 Å². The van der Waals surface area contributed by atoms with Crippen LogP contribution in [0.3, 0.4) is 0 Å². The summed E-state index contributed by atoms with van der Waals surface area (Å²) < 4.78 is 32.1. The van der Waals surface area contributed by atoms with E-state index in [0.717, 1.165) is 11.4 Å². The average Bonchev–Trinajstić information content (AvgIpc) is 2.72. The molecule has 0 aliphatic carbocycles. The van der Waals surface area contributed by atoms with Crippen molar-refractivity contribution in [3.05, 3.63) is 53.6 Å². The Morgan fingerprint density at radius 3 is 2.21 bits per heavy atom. The summed E-state index contributed by atoms with van der Waals surface area (Å²) in [4.78, 5) is 16.3.